The minimum atomic E-state index is -1.94. The van der Waals surface area contributed by atoms with Crippen molar-refractivity contribution >= 4 is 14.4 Å². The first-order chi connectivity index (χ1) is 11.1. The highest BCUT2D eigenvalue weighted by Gasteiger charge is 2.38. The second-order valence-electron chi connectivity index (χ2n) is 7.23. The van der Waals surface area contributed by atoms with Gasteiger partial charge in [0.1, 0.15) is 0 Å². The number of carbonyl (C=O) groups excluding carboxylic acids is 1. The fraction of sp³-hybridized carbons (Fsp3) is 0.421. The molecule has 0 radical (unpaired) electrons. The maximum absolute atomic E-state index is 12.0. The van der Waals surface area contributed by atoms with Crippen LogP contribution in [0.3, 0.4) is 0 Å². The lowest BCUT2D eigenvalue weighted by Gasteiger charge is -2.36. The number of amides is 1. The monoisotopic (exact) mass is 347 g/mol. The molecule has 0 fully saturated rings. The van der Waals surface area contributed by atoms with E-state index >= 15 is 0 Å². The number of rotatable bonds is 6. The van der Waals surface area contributed by atoms with Crippen molar-refractivity contribution in [2.45, 2.75) is 45.4 Å². The molecule has 0 unspecified atom stereocenters. The Balaban J connectivity index is 2.81. The molecule has 24 heavy (non-hydrogen) atoms. The molecule has 0 atom stereocenters. The Morgan fingerprint density at radius 1 is 1.25 bits per heavy atom. The first kappa shape index (κ1) is 20.0. The summed E-state index contributed by atoms with van der Waals surface area (Å²) < 4.78 is 10.9. The molecular weight excluding hydrogens is 318 g/mol. The quantitative estimate of drug-likeness (QED) is 0.398. The predicted molar refractivity (Wildman–Crippen MR) is 101 cm³/mol. The highest BCUT2D eigenvalue weighted by atomic mass is 28.4. The van der Waals surface area contributed by atoms with Crippen molar-refractivity contribution < 1.29 is 14.0 Å². The van der Waals surface area contributed by atoms with Gasteiger partial charge in [0, 0.05) is 6.20 Å². The van der Waals surface area contributed by atoms with Crippen LogP contribution in [0.2, 0.25) is 18.1 Å². The summed E-state index contributed by atoms with van der Waals surface area (Å²) in [5.74, 6) is 0.559. The summed E-state index contributed by atoms with van der Waals surface area (Å²) in [5.41, 5.74) is 1.02. The van der Waals surface area contributed by atoms with E-state index in [1.54, 1.807) is 12.3 Å². The molecule has 0 saturated carbocycles. The summed E-state index contributed by atoms with van der Waals surface area (Å²) in [6.07, 6.45) is 2.96. The average Bonchev–Trinajstić information content (AvgIpc) is 2.50. The lowest BCUT2D eigenvalue weighted by molar-refractivity contribution is 0.138. The van der Waals surface area contributed by atoms with Crippen molar-refractivity contribution in [2.24, 2.45) is 0 Å². The number of methoxy groups -OCH3 is 1. The Labute approximate surface area is 146 Å². The summed E-state index contributed by atoms with van der Waals surface area (Å²) in [5, 5.41) is 0.0931. The van der Waals surface area contributed by atoms with Gasteiger partial charge in [-0.25, -0.2) is 4.79 Å². The van der Waals surface area contributed by atoms with Crippen molar-refractivity contribution in [1.82, 2.24) is 4.90 Å². The van der Waals surface area contributed by atoms with E-state index in [0.29, 0.717) is 12.3 Å². The zero-order valence-electron chi connectivity index (χ0n) is 15.6. The number of benzene rings is 1. The molecule has 1 aromatic carbocycles. The third-order valence-electron chi connectivity index (χ3n) is 4.24. The molecule has 0 aliphatic heterocycles. The Morgan fingerprint density at radius 3 is 2.33 bits per heavy atom. The summed E-state index contributed by atoms with van der Waals surface area (Å²) >= 11 is 0. The SMILES string of the molecule is C=C(/C=C/N(Cc1ccccc1)C(=O)OC)O[Si](C)(C)C(C)(C)C. The number of hydrogen-bond donors (Lipinski definition) is 0. The molecule has 0 aliphatic rings. The molecule has 0 heterocycles. The van der Waals surface area contributed by atoms with Gasteiger partial charge in [0.2, 0.25) is 8.32 Å². The highest BCUT2D eigenvalue weighted by Crippen LogP contribution is 2.37. The van der Waals surface area contributed by atoms with Crippen LogP contribution >= 0.6 is 0 Å². The van der Waals surface area contributed by atoms with E-state index in [1.807, 2.05) is 30.3 Å². The van der Waals surface area contributed by atoms with Crippen LogP contribution in [0.4, 0.5) is 4.79 Å². The van der Waals surface area contributed by atoms with Crippen LogP contribution in [-0.2, 0) is 15.7 Å². The molecule has 132 valence electrons. The van der Waals surface area contributed by atoms with Crippen LogP contribution in [0.25, 0.3) is 0 Å². The van der Waals surface area contributed by atoms with E-state index in [9.17, 15) is 4.79 Å². The van der Waals surface area contributed by atoms with Crippen LogP contribution < -0.4 is 0 Å². The fourth-order valence-corrected chi connectivity index (χ4v) is 2.79. The standard InChI is InChI=1S/C19H29NO3Si/c1-16(23-24(6,7)19(2,3)4)13-14-20(18(21)22-5)15-17-11-9-8-10-12-17/h8-14H,1,15H2,2-7H3/b14-13+. The topological polar surface area (TPSA) is 38.8 Å². The van der Waals surface area contributed by atoms with Crippen LogP contribution in [0.15, 0.2) is 54.9 Å². The number of carbonyl (C=O) groups is 1. The average molecular weight is 348 g/mol. The molecular formula is C19H29NO3Si. The summed E-state index contributed by atoms with van der Waals surface area (Å²) in [4.78, 5) is 13.5. The predicted octanol–water partition coefficient (Wildman–Crippen LogP) is 5.30. The highest BCUT2D eigenvalue weighted by molar-refractivity contribution is 6.74. The smallest absolute Gasteiger partial charge is 0.413 e. The molecule has 0 aromatic heterocycles. The molecule has 1 amide bonds. The zero-order chi connectivity index (χ0) is 18.4. The first-order valence-corrected chi connectivity index (χ1v) is 10.9. The van der Waals surface area contributed by atoms with Crippen molar-refractivity contribution in [1.29, 1.82) is 0 Å². The van der Waals surface area contributed by atoms with Gasteiger partial charge in [-0.15, -0.1) is 0 Å². The van der Waals surface area contributed by atoms with Crippen LogP contribution in [0.5, 0.6) is 0 Å². The Morgan fingerprint density at radius 2 is 1.83 bits per heavy atom. The minimum Gasteiger partial charge on any atom is -0.544 e. The van der Waals surface area contributed by atoms with Gasteiger partial charge in [0.15, 0.2) is 0 Å². The van der Waals surface area contributed by atoms with Crippen LogP contribution in [0.1, 0.15) is 26.3 Å². The fourth-order valence-electron chi connectivity index (χ4n) is 1.76. The van der Waals surface area contributed by atoms with Gasteiger partial charge in [0.05, 0.1) is 19.4 Å². The van der Waals surface area contributed by atoms with Crippen LogP contribution in [-0.4, -0.2) is 26.4 Å². The normalized spacial score (nSPS) is 12.1. The lowest BCUT2D eigenvalue weighted by Crippen LogP contribution is -2.40. The second-order valence-corrected chi connectivity index (χ2v) is 12.0. The van der Waals surface area contributed by atoms with E-state index in [-0.39, 0.29) is 5.04 Å². The third kappa shape index (κ3) is 5.89. The number of hydrogen-bond acceptors (Lipinski definition) is 3. The van der Waals surface area contributed by atoms with Crippen molar-refractivity contribution in [3.8, 4) is 0 Å². The van der Waals surface area contributed by atoms with Crippen LogP contribution in [0, 0.1) is 0 Å². The summed E-state index contributed by atoms with van der Waals surface area (Å²) in [7, 11) is -0.565. The molecule has 0 aliphatic carbocycles. The zero-order valence-corrected chi connectivity index (χ0v) is 16.6. The molecule has 0 N–H and O–H groups in total. The number of nitrogens with zero attached hydrogens (tertiary/aromatic N) is 1. The number of ether oxygens (including phenoxy) is 1. The van der Waals surface area contributed by atoms with Gasteiger partial charge >= 0.3 is 6.09 Å². The molecule has 1 aromatic rings. The van der Waals surface area contributed by atoms with Gasteiger partial charge in [-0.3, -0.25) is 4.90 Å². The van der Waals surface area contributed by atoms with E-state index in [2.05, 4.69) is 40.4 Å². The Hall–Kier alpha value is -2.01. The van der Waals surface area contributed by atoms with Gasteiger partial charge in [0.25, 0.3) is 0 Å². The Bertz CT molecular complexity index is 588. The molecule has 4 nitrogen and oxygen atoms in total. The number of allylic oxidation sites excluding steroid dienone is 1. The lowest BCUT2D eigenvalue weighted by atomic mass is 10.2. The minimum absolute atomic E-state index is 0.0931. The summed E-state index contributed by atoms with van der Waals surface area (Å²) in [6.45, 7) is 15.2. The van der Waals surface area contributed by atoms with Gasteiger partial charge in [-0.1, -0.05) is 57.7 Å². The summed E-state index contributed by atoms with van der Waals surface area (Å²) in [6, 6.07) is 9.74. The van der Waals surface area contributed by atoms with Crippen molar-refractivity contribution in [3.63, 3.8) is 0 Å². The first-order valence-electron chi connectivity index (χ1n) is 8.01. The van der Waals surface area contributed by atoms with Gasteiger partial charge in [-0.2, -0.15) is 0 Å². The van der Waals surface area contributed by atoms with Crippen molar-refractivity contribution in [2.75, 3.05) is 7.11 Å². The van der Waals surface area contributed by atoms with Crippen molar-refractivity contribution in [3.05, 3.63) is 60.5 Å². The maximum Gasteiger partial charge on any atom is 0.413 e. The van der Waals surface area contributed by atoms with E-state index < -0.39 is 14.4 Å². The molecule has 1 rings (SSSR count). The molecule has 0 spiro atoms. The Kier molecular flexibility index (Phi) is 6.84. The molecule has 0 saturated heterocycles. The molecule has 5 heteroatoms. The van der Waals surface area contributed by atoms with E-state index in [1.165, 1.54) is 12.0 Å². The molecule has 0 bridgehead atoms. The second kappa shape index (κ2) is 8.19. The van der Waals surface area contributed by atoms with Gasteiger partial charge < -0.3 is 9.16 Å². The van der Waals surface area contributed by atoms with Gasteiger partial charge in [-0.05, 0) is 29.8 Å². The largest absolute Gasteiger partial charge is 0.544 e. The van der Waals surface area contributed by atoms with E-state index in [0.717, 1.165) is 5.56 Å². The third-order valence-corrected chi connectivity index (χ3v) is 8.62. The maximum atomic E-state index is 12.0. The van der Waals surface area contributed by atoms with E-state index in [4.69, 9.17) is 9.16 Å².